The van der Waals surface area contributed by atoms with Gasteiger partial charge in [0, 0.05) is 23.3 Å². The Bertz CT molecular complexity index is 570. The summed E-state index contributed by atoms with van der Waals surface area (Å²) < 4.78 is 0. The number of nitro benzene ring substituents is 1. The molecule has 0 amide bonds. The van der Waals surface area contributed by atoms with Crippen molar-refractivity contribution in [3.05, 3.63) is 75.8 Å². The lowest BCUT2D eigenvalue weighted by molar-refractivity contribution is -0.384. The Morgan fingerprint density at radius 3 is 2.11 bits per heavy atom. The highest BCUT2D eigenvalue weighted by Crippen LogP contribution is 2.16. The van der Waals surface area contributed by atoms with Gasteiger partial charge in [0.25, 0.3) is 5.69 Å². The number of nitrogens with two attached hydrogens (primary N) is 2. The first-order valence-corrected chi connectivity index (χ1v) is 5.36. The molecular formula is C13H13N3O3. The van der Waals surface area contributed by atoms with Crippen LogP contribution in [0.4, 0.5) is 5.69 Å². The Kier molecular flexibility index (Phi) is 5.34. The average Bonchev–Trinajstić information content (AvgIpc) is 2.49. The average molecular weight is 259 g/mol. The molecule has 0 fully saturated rings. The van der Waals surface area contributed by atoms with Gasteiger partial charge in [-0.1, -0.05) is 42.5 Å². The maximum Gasteiger partial charge on any atom is 0.270 e. The molecule has 0 aliphatic rings. The van der Waals surface area contributed by atoms with E-state index in [4.69, 9.17) is 0 Å². The molecule has 0 aromatic heterocycles. The summed E-state index contributed by atoms with van der Waals surface area (Å²) in [5, 5.41) is 10.6. The fraction of sp³-hybridized carbons (Fsp3) is 0. The van der Waals surface area contributed by atoms with Crippen molar-refractivity contribution < 1.29 is 9.72 Å². The minimum atomic E-state index is -0.512. The highest BCUT2D eigenvalue weighted by Gasteiger charge is 2.12. The monoisotopic (exact) mass is 259 g/mol. The third kappa shape index (κ3) is 3.70. The molecule has 6 nitrogen and oxygen atoms in total. The number of non-ortho nitro benzene ring substituents is 1. The van der Waals surface area contributed by atoms with E-state index in [0.29, 0.717) is 11.1 Å². The van der Waals surface area contributed by atoms with Crippen molar-refractivity contribution in [2.75, 3.05) is 0 Å². The number of nitrogens with zero attached hydrogens (tertiary/aromatic N) is 1. The molecule has 0 atom stereocenters. The molecule has 0 unspecified atom stereocenters. The number of hydrazine groups is 1. The zero-order valence-electron chi connectivity index (χ0n) is 10.0. The number of hydrogen-bond donors (Lipinski definition) is 2. The molecule has 0 aliphatic carbocycles. The Morgan fingerprint density at radius 2 is 1.53 bits per heavy atom. The third-order valence-corrected chi connectivity index (χ3v) is 2.36. The second-order valence-corrected chi connectivity index (χ2v) is 3.50. The van der Waals surface area contributed by atoms with Crippen molar-refractivity contribution >= 4 is 11.5 Å². The molecule has 0 aliphatic heterocycles. The SMILES string of the molecule is NN.O=C(c1ccccc1)c1cccc([N+](=O)[O-])c1. The van der Waals surface area contributed by atoms with E-state index in [2.05, 4.69) is 11.7 Å². The van der Waals surface area contributed by atoms with Crippen molar-refractivity contribution in [2.45, 2.75) is 0 Å². The summed E-state index contributed by atoms with van der Waals surface area (Å²) in [5.74, 6) is 7.79. The Hall–Kier alpha value is -2.57. The summed E-state index contributed by atoms with van der Waals surface area (Å²) in [6.07, 6.45) is 0. The summed E-state index contributed by atoms with van der Waals surface area (Å²) >= 11 is 0. The summed E-state index contributed by atoms with van der Waals surface area (Å²) in [4.78, 5) is 22.1. The lowest BCUT2D eigenvalue weighted by atomic mass is 10.0. The Labute approximate surface area is 109 Å². The van der Waals surface area contributed by atoms with E-state index in [1.807, 2.05) is 6.07 Å². The van der Waals surface area contributed by atoms with Gasteiger partial charge >= 0.3 is 0 Å². The van der Waals surface area contributed by atoms with Crippen LogP contribution in [0.3, 0.4) is 0 Å². The first kappa shape index (κ1) is 14.5. The highest BCUT2D eigenvalue weighted by atomic mass is 16.6. The van der Waals surface area contributed by atoms with E-state index in [0.717, 1.165) is 0 Å². The zero-order valence-corrected chi connectivity index (χ0v) is 10.0. The fourth-order valence-electron chi connectivity index (χ4n) is 1.52. The molecule has 2 rings (SSSR count). The molecule has 0 saturated heterocycles. The molecule has 0 bridgehead atoms. The van der Waals surface area contributed by atoms with Gasteiger partial charge in [0.05, 0.1) is 4.92 Å². The van der Waals surface area contributed by atoms with Crippen LogP contribution in [0.15, 0.2) is 54.6 Å². The summed E-state index contributed by atoms with van der Waals surface area (Å²) in [6.45, 7) is 0. The maximum atomic E-state index is 12.0. The van der Waals surface area contributed by atoms with Gasteiger partial charge in [-0.2, -0.15) is 0 Å². The smallest absolute Gasteiger partial charge is 0.270 e. The number of ketones is 1. The van der Waals surface area contributed by atoms with Gasteiger partial charge in [-0.25, -0.2) is 0 Å². The van der Waals surface area contributed by atoms with Gasteiger partial charge in [-0.3, -0.25) is 26.6 Å². The second kappa shape index (κ2) is 7.00. The van der Waals surface area contributed by atoms with Gasteiger partial charge in [0.1, 0.15) is 0 Å². The van der Waals surface area contributed by atoms with Crippen LogP contribution in [0, 0.1) is 10.1 Å². The summed E-state index contributed by atoms with van der Waals surface area (Å²) in [6, 6.07) is 14.4. The van der Waals surface area contributed by atoms with Crippen LogP contribution in [0.25, 0.3) is 0 Å². The van der Waals surface area contributed by atoms with Gasteiger partial charge in [-0.15, -0.1) is 0 Å². The van der Waals surface area contributed by atoms with Gasteiger partial charge in [0.15, 0.2) is 5.78 Å². The number of carbonyl (C=O) groups excluding carboxylic acids is 1. The van der Waals surface area contributed by atoms with Crippen molar-refractivity contribution in [1.82, 2.24) is 0 Å². The fourth-order valence-corrected chi connectivity index (χ4v) is 1.52. The van der Waals surface area contributed by atoms with E-state index in [1.165, 1.54) is 18.2 Å². The van der Waals surface area contributed by atoms with E-state index < -0.39 is 4.92 Å². The van der Waals surface area contributed by atoms with Crippen LogP contribution in [0.1, 0.15) is 15.9 Å². The van der Waals surface area contributed by atoms with Crippen LogP contribution in [0.2, 0.25) is 0 Å². The second-order valence-electron chi connectivity index (χ2n) is 3.50. The number of benzene rings is 2. The van der Waals surface area contributed by atoms with Crippen molar-refractivity contribution in [3.63, 3.8) is 0 Å². The van der Waals surface area contributed by atoms with Gasteiger partial charge in [-0.05, 0) is 0 Å². The molecule has 2 aromatic rings. The molecule has 0 radical (unpaired) electrons. The zero-order chi connectivity index (χ0) is 14.3. The standard InChI is InChI=1S/C13H9NO3.H4N2/c15-13(10-5-2-1-3-6-10)11-7-4-8-12(9-11)14(16)17;1-2/h1-9H;1-2H2. The van der Waals surface area contributed by atoms with E-state index >= 15 is 0 Å². The topological polar surface area (TPSA) is 112 Å². The summed E-state index contributed by atoms with van der Waals surface area (Å²) in [5.41, 5.74) is 0.769. The van der Waals surface area contributed by atoms with E-state index in [-0.39, 0.29) is 11.5 Å². The van der Waals surface area contributed by atoms with Crippen LogP contribution in [-0.2, 0) is 0 Å². The molecule has 2 aromatic carbocycles. The Morgan fingerprint density at radius 1 is 0.947 bits per heavy atom. The predicted molar refractivity (Wildman–Crippen MR) is 71.3 cm³/mol. The number of rotatable bonds is 3. The lowest BCUT2D eigenvalue weighted by Gasteiger charge is -2.00. The maximum absolute atomic E-state index is 12.0. The van der Waals surface area contributed by atoms with Crippen molar-refractivity contribution in [1.29, 1.82) is 0 Å². The number of nitro groups is 1. The van der Waals surface area contributed by atoms with Crippen LogP contribution >= 0.6 is 0 Å². The molecule has 98 valence electrons. The quantitative estimate of drug-likeness (QED) is 0.376. The summed E-state index contributed by atoms with van der Waals surface area (Å²) in [7, 11) is 0. The van der Waals surface area contributed by atoms with Crippen molar-refractivity contribution in [2.24, 2.45) is 11.7 Å². The molecule has 0 heterocycles. The van der Waals surface area contributed by atoms with Crippen LogP contribution in [0.5, 0.6) is 0 Å². The van der Waals surface area contributed by atoms with Gasteiger partial charge in [0.2, 0.25) is 0 Å². The van der Waals surface area contributed by atoms with E-state index in [1.54, 1.807) is 30.3 Å². The predicted octanol–water partition coefficient (Wildman–Crippen LogP) is 1.64. The Balaban J connectivity index is 0.000000861. The minimum absolute atomic E-state index is 0.0771. The first-order valence-electron chi connectivity index (χ1n) is 5.36. The number of hydrogen-bond acceptors (Lipinski definition) is 5. The highest BCUT2D eigenvalue weighted by molar-refractivity contribution is 6.09. The molecule has 0 saturated carbocycles. The number of carbonyl (C=O) groups is 1. The largest absolute Gasteiger partial charge is 0.289 e. The van der Waals surface area contributed by atoms with Crippen molar-refractivity contribution in [3.8, 4) is 0 Å². The van der Waals surface area contributed by atoms with Crippen LogP contribution < -0.4 is 11.7 Å². The molecule has 6 heteroatoms. The van der Waals surface area contributed by atoms with Gasteiger partial charge < -0.3 is 0 Å². The molecule has 19 heavy (non-hydrogen) atoms. The van der Waals surface area contributed by atoms with Crippen LogP contribution in [-0.4, -0.2) is 10.7 Å². The lowest BCUT2D eigenvalue weighted by Crippen LogP contribution is -2.02. The molecule has 0 spiro atoms. The third-order valence-electron chi connectivity index (χ3n) is 2.36. The first-order chi connectivity index (χ1) is 9.18. The van der Waals surface area contributed by atoms with E-state index in [9.17, 15) is 14.9 Å². The normalized spacial score (nSPS) is 9.16. The molecule has 4 N–H and O–H groups in total. The molecular weight excluding hydrogens is 246 g/mol. The minimum Gasteiger partial charge on any atom is -0.289 e.